The third-order valence-corrected chi connectivity index (χ3v) is 7.35. The fourth-order valence-electron chi connectivity index (χ4n) is 5.09. The lowest BCUT2D eigenvalue weighted by molar-refractivity contribution is -0.118. The molecule has 1 aromatic carbocycles. The zero-order valence-corrected chi connectivity index (χ0v) is 18.9. The fraction of sp³-hybridized carbons (Fsp3) is 0.348. The van der Waals surface area contributed by atoms with Gasteiger partial charge in [-0.05, 0) is 62.3 Å². The summed E-state index contributed by atoms with van der Waals surface area (Å²) in [4.78, 5) is 39.6. The number of nitrogens with one attached hydrogen (secondary N) is 3. The van der Waals surface area contributed by atoms with Gasteiger partial charge in [0.05, 0.1) is 22.3 Å². The van der Waals surface area contributed by atoms with E-state index in [0.717, 1.165) is 6.42 Å². The van der Waals surface area contributed by atoms with Crippen molar-refractivity contribution in [2.24, 2.45) is 5.92 Å². The van der Waals surface area contributed by atoms with Crippen LogP contribution < -0.4 is 10.6 Å². The van der Waals surface area contributed by atoms with E-state index in [2.05, 4.69) is 26.0 Å². The third-order valence-electron chi connectivity index (χ3n) is 7.06. The van der Waals surface area contributed by atoms with Crippen LogP contribution in [0.1, 0.15) is 63.1 Å². The predicted octanol–water partition coefficient (Wildman–Crippen LogP) is 3.06. The van der Waals surface area contributed by atoms with E-state index in [1.165, 1.54) is 24.4 Å². The molecule has 11 heteroatoms. The van der Waals surface area contributed by atoms with Gasteiger partial charge in [0.2, 0.25) is 0 Å². The number of carbonyl (C=O) groups excluding carboxylic acids is 3. The van der Waals surface area contributed by atoms with Crippen molar-refractivity contribution < 1.29 is 18.8 Å². The third kappa shape index (κ3) is 3.16. The number of amides is 2. The summed E-state index contributed by atoms with van der Waals surface area (Å²) in [6, 6.07) is 4.06. The van der Waals surface area contributed by atoms with Crippen LogP contribution in [0.5, 0.6) is 0 Å². The standard InChI is InChI=1S/C23H20ClFN6O3/c1-10-18(20(32)22(34)28-23(4-5-23)17-9-26-30-29-17)16-7-11-6-15(11)31(16)19(10)21(33)27-12-2-3-14(25)13(24)8-12/h2-3,8-9,11,15H,4-7H2,1H3,(H,27,33)(H,28,34)(H,26,29,30)/t11-,15-/m1/s1. The van der Waals surface area contributed by atoms with Crippen molar-refractivity contribution in [2.45, 2.75) is 44.2 Å². The van der Waals surface area contributed by atoms with Crippen LogP contribution in [-0.4, -0.2) is 37.6 Å². The van der Waals surface area contributed by atoms with Crippen molar-refractivity contribution in [1.29, 1.82) is 0 Å². The topological polar surface area (TPSA) is 122 Å². The predicted molar refractivity (Wildman–Crippen MR) is 119 cm³/mol. The molecule has 0 saturated heterocycles. The number of fused-ring (bicyclic) bond motifs is 3. The summed E-state index contributed by atoms with van der Waals surface area (Å²) in [5.41, 5.74) is 2.04. The first-order valence-electron chi connectivity index (χ1n) is 11.0. The molecule has 0 radical (unpaired) electrons. The van der Waals surface area contributed by atoms with Gasteiger partial charge in [-0.15, -0.1) is 0 Å². The lowest BCUT2D eigenvalue weighted by atomic mass is 10.0. The van der Waals surface area contributed by atoms with E-state index in [4.69, 9.17) is 11.6 Å². The average Bonchev–Trinajstić information content (AvgIpc) is 3.59. The molecule has 174 valence electrons. The summed E-state index contributed by atoms with van der Waals surface area (Å²) in [7, 11) is 0. The number of hydrogen-bond acceptors (Lipinski definition) is 5. The quantitative estimate of drug-likeness (QED) is 0.368. The molecule has 2 aliphatic carbocycles. The maximum absolute atomic E-state index is 13.5. The van der Waals surface area contributed by atoms with Crippen molar-refractivity contribution in [3.63, 3.8) is 0 Å². The van der Waals surface area contributed by atoms with E-state index in [9.17, 15) is 18.8 Å². The summed E-state index contributed by atoms with van der Waals surface area (Å²) >= 11 is 5.84. The maximum Gasteiger partial charge on any atom is 0.293 e. The minimum absolute atomic E-state index is 0.106. The van der Waals surface area contributed by atoms with Crippen molar-refractivity contribution in [1.82, 2.24) is 25.3 Å². The molecule has 3 aromatic rings. The van der Waals surface area contributed by atoms with Crippen LogP contribution in [0.2, 0.25) is 5.02 Å². The SMILES string of the molecule is Cc1c(C(=O)C(=O)NC2(c3cn[nH]n3)CC2)c2n(c1C(=O)Nc1ccc(F)c(Cl)c1)[C@@H]1C[C@@H]1C2. The van der Waals surface area contributed by atoms with Crippen molar-refractivity contribution in [3.05, 3.63) is 63.4 Å². The number of Topliss-reactive ketones (excluding diaryl/α,β-unsaturated/α-hetero) is 1. The molecule has 2 saturated carbocycles. The highest BCUT2D eigenvalue weighted by Crippen LogP contribution is 2.54. The van der Waals surface area contributed by atoms with Gasteiger partial charge in [0.25, 0.3) is 17.6 Å². The number of rotatable bonds is 6. The fourth-order valence-corrected chi connectivity index (χ4v) is 5.27. The van der Waals surface area contributed by atoms with Crippen molar-refractivity contribution in [2.75, 3.05) is 5.32 Å². The smallest absolute Gasteiger partial charge is 0.293 e. The molecule has 2 atom stereocenters. The van der Waals surface area contributed by atoms with E-state index in [1.54, 1.807) is 6.92 Å². The van der Waals surface area contributed by atoms with Crippen LogP contribution >= 0.6 is 11.6 Å². The highest BCUT2D eigenvalue weighted by Gasteiger charge is 2.52. The number of ketones is 1. The lowest BCUT2D eigenvalue weighted by Gasteiger charge is -2.14. The monoisotopic (exact) mass is 482 g/mol. The molecule has 3 N–H and O–H groups in total. The van der Waals surface area contributed by atoms with Crippen LogP contribution in [0.25, 0.3) is 0 Å². The van der Waals surface area contributed by atoms with Gasteiger partial charge in [-0.25, -0.2) is 4.39 Å². The Balaban J connectivity index is 1.31. The molecule has 2 aromatic heterocycles. The number of benzene rings is 1. The van der Waals surface area contributed by atoms with E-state index >= 15 is 0 Å². The highest BCUT2D eigenvalue weighted by molar-refractivity contribution is 6.44. The van der Waals surface area contributed by atoms with E-state index in [0.29, 0.717) is 53.5 Å². The Morgan fingerprint density at radius 2 is 2.09 bits per heavy atom. The number of halogens is 2. The maximum atomic E-state index is 13.5. The summed E-state index contributed by atoms with van der Waals surface area (Å²) in [5.74, 6) is -2.05. The minimum atomic E-state index is -0.727. The van der Waals surface area contributed by atoms with Gasteiger partial charge in [0, 0.05) is 17.4 Å². The zero-order valence-electron chi connectivity index (χ0n) is 18.1. The molecule has 0 spiro atoms. The van der Waals surface area contributed by atoms with Crippen LogP contribution in [0.4, 0.5) is 10.1 Å². The normalized spacial score (nSPS) is 20.9. The molecular weight excluding hydrogens is 463 g/mol. The zero-order chi connectivity index (χ0) is 23.8. The summed E-state index contributed by atoms with van der Waals surface area (Å²) in [5, 5.41) is 15.8. The Labute approximate surface area is 198 Å². The Morgan fingerprint density at radius 3 is 2.76 bits per heavy atom. The molecule has 1 aliphatic heterocycles. The molecule has 0 bridgehead atoms. The Kier molecular flexibility index (Phi) is 4.47. The van der Waals surface area contributed by atoms with Crippen LogP contribution in [0.3, 0.4) is 0 Å². The number of anilines is 1. The molecule has 0 unspecified atom stereocenters. The second-order valence-corrected chi connectivity index (χ2v) is 9.64. The van der Waals surface area contributed by atoms with E-state index < -0.39 is 29.0 Å². The second kappa shape index (κ2) is 7.23. The Hall–Kier alpha value is -3.53. The molecule has 34 heavy (non-hydrogen) atoms. The molecule has 3 heterocycles. The lowest BCUT2D eigenvalue weighted by Crippen LogP contribution is -2.40. The number of nitrogens with zero attached hydrogens (tertiary/aromatic N) is 3. The molecule has 2 amide bonds. The van der Waals surface area contributed by atoms with Crippen LogP contribution in [0, 0.1) is 18.7 Å². The van der Waals surface area contributed by atoms with Crippen LogP contribution in [-0.2, 0) is 16.8 Å². The van der Waals surface area contributed by atoms with Gasteiger partial charge in [0.15, 0.2) is 0 Å². The first-order chi connectivity index (χ1) is 16.3. The number of aromatic amines is 1. The first-order valence-corrected chi connectivity index (χ1v) is 11.4. The molecular formula is C23H20ClFN6O3. The van der Waals surface area contributed by atoms with Gasteiger partial charge in [-0.2, -0.15) is 15.4 Å². The van der Waals surface area contributed by atoms with Gasteiger partial charge in [-0.3, -0.25) is 14.4 Å². The Morgan fingerprint density at radius 1 is 1.29 bits per heavy atom. The van der Waals surface area contributed by atoms with Crippen molar-refractivity contribution in [3.8, 4) is 0 Å². The molecule has 9 nitrogen and oxygen atoms in total. The number of H-pyrrole nitrogens is 1. The van der Waals surface area contributed by atoms with E-state index in [-0.39, 0.29) is 16.6 Å². The van der Waals surface area contributed by atoms with Crippen molar-refractivity contribution >= 4 is 34.9 Å². The number of carbonyl (C=O) groups is 3. The van der Waals surface area contributed by atoms with Gasteiger partial charge < -0.3 is 15.2 Å². The summed E-state index contributed by atoms with van der Waals surface area (Å²) < 4.78 is 15.4. The largest absolute Gasteiger partial charge is 0.338 e. The molecule has 3 aliphatic rings. The van der Waals surface area contributed by atoms with Gasteiger partial charge in [-0.1, -0.05) is 11.6 Å². The van der Waals surface area contributed by atoms with Crippen LogP contribution in [0.15, 0.2) is 24.4 Å². The molecule has 6 rings (SSSR count). The summed E-state index contributed by atoms with van der Waals surface area (Å²) in [6.45, 7) is 1.68. The van der Waals surface area contributed by atoms with Gasteiger partial charge >= 0.3 is 0 Å². The second-order valence-electron chi connectivity index (χ2n) is 9.24. The Bertz CT molecular complexity index is 1380. The summed E-state index contributed by atoms with van der Waals surface area (Å²) in [6.07, 6.45) is 4.45. The number of hydrogen-bond donors (Lipinski definition) is 3. The van der Waals surface area contributed by atoms with Gasteiger partial charge in [0.1, 0.15) is 17.2 Å². The number of aromatic nitrogens is 4. The minimum Gasteiger partial charge on any atom is -0.338 e. The highest BCUT2D eigenvalue weighted by atomic mass is 35.5. The average molecular weight is 483 g/mol. The molecule has 2 fully saturated rings. The van der Waals surface area contributed by atoms with E-state index in [1.807, 2.05) is 4.57 Å². The first kappa shape index (κ1) is 21.0.